The van der Waals surface area contributed by atoms with Crippen LogP contribution in [0.5, 0.6) is 0 Å². The van der Waals surface area contributed by atoms with Gasteiger partial charge in [0, 0.05) is 0 Å². The van der Waals surface area contributed by atoms with E-state index >= 15 is 0 Å². The summed E-state index contributed by atoms with van der Waals surface area (Å²) < 4.78 is 3.46. The molecule has 0 aliphatic heterocycles. The van der Waals surface area contributed by atoms with Crippen molar-refractivity contribution >= 4 is 23.4 Å². The second-order valence-corrected chi connectivity index (χ2v) is 3.60. The Morgan fingerprint density at radius 2 is 2.27 bits per heavy atom. The minimum absolute atomic E-state index is 0.196. The molecule has 7 nitrogen and oxygen atoms in total. The van der Waals surface area contributed by atoms with Gasteiger partial charge in [-0.2, -0.15) is 0 Å². The van der Waals surface area contributed by atoms with Crippen LogP contribution in [0.4, 0.5) is 0 Å². The van der Waals surface area contributed by atoms with Crippen LogP contribution in [-0.4, -0.2) is 43.8 Å². The molecule has 1 rings (SSSR count). The molecule has 0 saturated heterocycles. The van der Waals surface area contributed by atoms with Crippen LogP contribution in [0.2, 0.25) is 0 Å². The number of carboxylic acid groups (broad SMARTS) is 1. The van der Waals surface area contributed by atoms with E-state index in [0.717, 1.165) is 11.5 Å². The molecule has 1 amide bonds. The Kier molecular flexibility index (Phi) is 3.69. The van der Waals surface area contributed by atoms with Crippen LogP contribution >= 0.6 is 11.5 Å². The van der Waals surface area contributed by atoms with Gasteiger partial charge in [0.05, 0.1) is 12.3 Å². The second kappa shape index (κ2) is 4.80. The quantitative estimate of drug-likeness (QED) is 0.619. The monoisotopic (exact) mass is 231 g/mol. The zero-order valence-corrected chi connectivity index (χ0v) is 8.56. The fraction of sp³-hybridized carbons (Fsp3) is 0.429. The van der Waals surface area contributed by atoms with E-state index in [1.165, 1.54) is 13.1 Å². The van der Waals surface area contributed by atoms with Crippen molar-refractivity contribution in [3.05, 3.63) is 11.1 Å². The van der Waals surface area contributed by atoms with Crippen molar-refractivity contribution in [2.75, 3.05) is 0 Å². The maximum atomic E-state index is 11.4. The number of aliphatic carboxylic acids is 1. The Labute approximate surface area is 88.9 Å². The lowest BCUT2D eigenvalue weighted by Gasteiger charge is -2.15. The summed E-state index contributed by atoms with van der Waals surface area (Å²) in [7, 11) is 0. The predicted octanol–water partition coefficient (Wildman–Crippen LogP) is -0.898. The van der Waals surface area contributed by atoms with E-state index in [1.807, 2.05) is 0 Å². The number of hydrogen-bond donors (Lipinski definition) is 3. The molecule has 0 fully saturated rings. The summed E-state index contributed by atoms with van der Waals surface area (Å²) in [5.41, 5.74) is 0. The third kappa shape index (κ3) is 2.96. The second-order valence-electron chi connectivity index (χ2n) is 2.81. The SMILES string of the molecule is C[C@@H](O)[C@H](NC(=O)c1cnns1)C(=O)O. The van der Waals surface area contributed by atoms with Crippen LogP contribution in [0.25, 0.3) is 0 Å². The van der Waals surface area contributed by atoms with Crippen LogP contribution in [0, 0.1) is 0 Å². The Bertz CT molecular complexity index is 351. The fourth-order valence-corrected chi connectivity index (χ4v) is 1.29. The molecule has 8 heteroatoms. The zero-order valence-electron chi connectivity index (χ0n) is 7.75. The average molecular weight is 231 g/mol. The summed E-state index contributed by atoms with van der Waals surface area (Å²) in [5, 5.41) is 23.4. The number of amides is 1. The van der Waals surface area contributed by atoms with Crippen molar-refractivity contribution in [1.82, 2.24) is 14.9 Å². The minimum atomic E-state index is -1.33. The van der Waals surface area contributed by atoms with E-state index in [9.17, 15) is 9.59 Å². The molecule has 0 aliphatic carbocycles. The molecular formula is C7H9N3O4S. The molecule has 82 valence electrons. The zero-order chi connectivity index (χ0) is 11.4. The maximum absolute atomic E-state index is 11.4. The van der Waals surface area contributed by atoms with Crippen molar-refractivity contribution < 1.29 is 19.8 Å². The van der Waals surface area contributed by atoms with E-state index < -0.39 is 24.0 Å². The van der Waals surface area contributed by atoms with E-state index in [4.69, 9.17) is 10.2 Å². The van der Waals surface area contributed by atoms with Gasteiger partial charge in [0.25, 0.3) is 5.91 Å². The van der Waals surface area contributed by atoms with Gasteiger partial charge in [0.2, 0.25) is 0 Å². The van der Waals surface area contributed by atoms with Crippen molar-refractivity contribution in [3.63, 3.8) is 0 Å². The van der Waals surface area contributed by atoms with Crippen LogP contribution in [-0.2, 0) is 4.79 Å². The van der Waals surface area contributed by atoms with Crippen molar-refractivity contribution in [1.29, 1.82) is 0 Å². The smallest absolute Gasteiger partial charge is 0.328 e. The Hall–Kier alpha value is -1.54. The minimum Gasteiger partial charge on any atom is -0.480 e. The average Bonchev–Trinajstić information content (AvgIpc) is 2.65. The number of carbonyl (C=O) groups is 2. The molecule has 3 N–H and O–H groups in total. The molecule has 0 spiro atoms. The Morgan fingerprint density at radius 3 is 2.67 bits per heavy atom. The summed E-state index contributed by atoms with van der Waals surface area (Å²) in [6.07, 6.45) is 0.0494. The lowest BCUT2D eigenvalue weighted by molar-refractivity contribution is -0.141. The highest BCUT2D eigenvalue weighted by atomic mass is 32.1. The Morgan fingerprint density at radius 1 is 1.60 bits per heavy atom. The van der Waals surface area contributed by atoms with Crippen molar-refractivity contribution in [2.45, 2.75) is 19.1 Å². The van der Waals surface area contributed by atoms with Gasteiger partial charge in [-0.1, -0.05) is 4.49 Å². The van der Waals surface area contributed by atoms with Gasteiger partial charge in [0.1, 0.15) is 4.88 Å². The summed E-state index contributed by atoms with van der Waals surface area (Å²) in [4.78, 5) is 22.2. The van der Waals surface area contributed by atoms with Gasteiger partial charge >= 0.3 is 5.97 Å². The highest BCUT2D eigenvalue weighted by Gasteiger charge is 2.25. The molecule has 0 aliphatic rings. The number of carbonyl (C=O) groups excluding carboxylic acids is 1. The van der Waals surface area contributed by atoms with Crippen molar-refractivity contribution in [3.8, 4) is 0 Å². The largest absolute Gasteiger partial charge is 0.480 e. The molecule has 0 aromatic carbocycles. The van der Waals surface area contributed by atoms with Gasteiger partial charge in [-0.25, -0.2) is 4.79 Å². The summed E-state index contributed by atoms with van der Waals surface area (Å²) >= 11 is 0.849. The number of hydrogen-bond acceptors (Lipinski definition) is 6. The number of aromatic nitrogens is 2. The molecule has 0 radical (unpaired) electrons. The molecule has 0 bridgehead atoms. The van der Waals surface area contributed by atoms with Gasteiger partial charge in [-0.05, 0) is 18.5 Å². The van der Waals surface area contributed by atoms with Gasteiger partial charge in [-0.15, -0.1) is 5.10 Å². The lowest BCUT2D eigenvalue weighted by atomic mass is 10.2. The van der Waals surface area contributed by atoms with Gasteiger partial charge in [-0.3, -0.25) is 4.79 Å². The van der Waals surface area contributed by atoms with Crippen LogP contribution in [0.15, 0.2) is 6.20 Å². The lowest BCUT2D eigenvalue weighted by Crippen LogP contribution is -2.47. The molecule has 0 saturated carbocycles. The topological polar surface area (TPSA) is 112 Å². The summed E-state index contributed by atoms with van der Waals surface area (Å²) in [6, 6.07) is -1.33. The number of aliphatic hydroxyl groups is 1. The molecule has 2 atom stereocenters. The number of nitrogens with zero attached hydrogens (tertiary/aromatic N) is 2. The van der Waals surface area contributed by atoms with Gasteiger partial charge in [0.15, 0.2) is 6.04 Å². The standard InChI is InChI=1S/C7H9N3O4S/c1-3(11)5(7(13)14)9-6(12)4-2-8-10-15-4/h2-3,5,11H,1H3,(H,9,12)(H,13,14)/t3-,5+/m1/s1. The van der Waals surface area contributed by atoms with Crippen molar-refractivity contribution in [2.24, 2.45) is 0 Å². The number of carboxylic acids is 1. The number of nitrogens with one attached hydrogen (secondary N) is 1. The first-order chi connectivity index (χ1) is 7.02. The first-order valence-corrected chi connectivity index (χ1v) is 4.79. The molecular weight excluding hydrogens is 222 g/mol. The predicted molar refractivity (Wildman–Crippen MR) is 50.5 cm³/mol. The molecule has 1 heterocycles. The van der Waals surface area contributed by atoms with E-state index in [-0.39, 0.29) is 4.88 Å². The highest BCUT2D eigenvalue weighted by molar-refractivity contribution is 7.07. The molecule has 1 aromatic heterocycles. The van der Waals surface area contributed by atoms with E-state index in [0.29, 0.717) is 0 Å². The van der Waals surface area contributed by atoms with Gasteiger partial charge < -0.3 is 15.5 Å². The maximum Gasteiger partial charge on any atom is 0.328 e. The first-order valence-electron chi connectivity index (χ1n) is 4.01. The number of rotatable bonds is 4. The fourth-order valence-electron chi connectivity index (χ4n) is 0.868. The third-order valence-corrected chi connectivity index (χ3v) is 2.28. The van der Waals surface area contributed by atoms with Crippen LogP contribution in [0.3, 0.4) is 0 Å². The molecule has 1 aromatic rings. The third-order valence-electron chi connectivity index (χ3n) is 1.62. The number of aliphatic hydroxyl groups excluding tert-OH is 1. The summed E-state index contributed by atoms with van der Waals surface area (Å²) in [6.45, 7) is 1.28. The highest BCUT2D eigenvalue weighted by Crippen LogP contribution is 2.03. The Balaban J connectivity index is 2.67. The molecule has 0 unspecified atom stereocenters. The first kappa shape index (κ1) is 11.5. The summed E-state index contributed by atoms with van der Waals surface area (Å²) in [5.74, 6) is -1.91. The van der Waals surface area contributed by atoms with Crippen LogP contribution < -0.4 is 5.32 Å². The van der Waals surface area contributed by atoms with Crippen LogP contribution in [0.1, 0.15) is 16.6 Å². The van der Waals surface area contributed by atoms with E-state index in [1.54, 1.807) is 0 Å². The van der Waals surface area contributed by atoms with E-state index in [2.05, 4.69) is 14.9 Å². The molecule has 15 heavy (non-hydrogen) atoms. The normalized spacial score (nSPS) is 14.3.